The van der Waals surface area contributed by atoms with Crippen LogP contribution in [0.25, 0.3) is 6.08 Å². The Morgan fingerprint density at radius 3 is 2.21 bits per heavy atom. The number of alkyl halides is 3. The van der Waals surface area contributed by atoms with Gasteiger partial charge in [-0.1, -0.05) is 18.2 Å². The summed E-state index contributed by atoms with van der Waals surface area (Å²) in [4.78, 5) is 22.6. The maximum absolute atomic E-state index is 12.4. The highest BCUT2D eigenvalue weighted by molar-refractivity contribution is 7.90. The topological polar surface area (TPSA) is 132 Å². The van der Waals surface area contributed by atoms with Gasteiger partial charge in [-0.2, -0.15) is 23.1 Å². The highest BCUT2D eigenvalue weighted by Crippen LogP contribution is 2.22. The Labute approximate surface area is 162 Å². The number of aromatic nitrogens is 3. The van der Waals surface area contributed by atoms with Crippen molar-refractivity contribution in [2.24, 2.45) is 0 Å². The van der Waals surface area contributed by atoms with Crippen LogP contribution in [0.1, 0.15) is 5.56 Å². The van der Waals surface area contributed by atoms with Crippen LogP contribution in [0.2, 0.25) is 0 Å². The summed E-state index contributed by atoms with van der Waals surface area (Å²) < 4.78 is 73.3. The molecule has 14 heteroatoms. The van der Waals surface area contributed by atoms with Gasteiger partial charge in [-0.3, -0.25) is 5.32 Å². The van der Waals surface area contributed by atoms with E-state index in [0.29, 0.717) is 6.08 Å². The number of allylic oxidation sites excluding steroid dienone is 1. The number of sulfonamides is 1. The van der Waals surface area contributed by atoms with Gasteiger partial charge in [-0.05, 0) is 17.7 Å². The number of halogens is 3. The van der Waals surface area contributed by atoms with Crippen LogP contribution in [-0.2, 0) is 10.0 Å². The van der Waals surface area contributed by atoms with E-state index in [-0.39, 0.29) is 29.6 Å². The van der Waals surface area contributed by atoms with Crippen molar-refractivity contribution in [1.29, 1.82) is 0 Å². The minimum Gasteiger partial charge on any atom is -0.467 e. The minimum absolute atomic E-state index is 0.120. The van der Waals surface area contributed by atoms with Crippen molar-refractivity contribution in [3.8, 4) is 12.0 Å². The molecule has 156 valence electrons. The molecule has 0 atom stereocenters. The van der Waals surface area contributed by atoms with Crippen molar-refractivity contribution in [2.45, 2.75) is 11.1 Å². The molecular formula is C15H14F3N5O5S. The predicted octanol–water partition coefficient (Wildman–Crippen LogP) is 1.97. The molecule has 0 spiro atoms. The molecule has 29 heavy (non-hydrogen) atoms. The van der Waals surface area contributed by atoms with Crippen LogP contribution in [-0.4, -0.2) is 49.8 Å². The molecule has 0 unspecified atom stereocenters. The molecule has 0 aliphatic rings. The number of carbonyl (C=O) groups is 1. The van der Waals surface area contributed by atoms with Gasteiger partial charge in [0.25, 0.3) is 10.0 Å². The monoisotopic (exact) mass is 433 g/mol. The molecule has 0 radical (unpaired) electrons. The third kappa shape index (κ3) is 6.31. The lowest BCUT2D eigenvalue weighted by Crippen LogP contribution is -2.35. The zero-order chi connectivity index (χ0) is 21.7. The smallest absolute Gasteiger partial charge is 0.409 e. The number of anilines is 1. The second-order valence-electron chi connectivity index (χ2n) is 5.10. The summed E-state index contributed by atoms with van der Waals surface area (Å²) in [5.74, 6) is -0.383. The van der Waals surface area contributed by atoms with E-state index >= 15 is 0 Å². The highest BCUT2D eigenvalue weighted by Gasteiger charge is 2.24. The predicted molar refractivity (Wildman–Crippen MR) is 93.8 cm³/mol. The molecule has 0 aliphatic carbocycles. The summed E-state index contributed by atoms with van der Waals surface area (Å²) in [7, 11) is -2.03. The van der Waals surface area contributed by atoms with Crippen LogP contribution < -0.4 is 19.5 Å². The number of ether oxygens (including phenoxy) is 2. The molecule has 10 nitrogen and oxygen atoms in total. The number of hydrogen-bond donors (Lipinski definition) is 2. The van der Waals surface area contributed by atoms with E-state index in [9.17, 15) is 26.4 Å². The fraction of sp³-hybridized carbons (Fsp3) is 0.200. The molecule has 2 N–H and O–H groups in total. The lowest BCUT2D eigenvalue weighted by atomic mass is 10.2. The molecule has 1 aromatic heterocycles. The number of methoxy groups -OCH3 is 2. The zero-order valence-corrected chi connectivity index (χ0v) is 15.7. The molecule has 0 aliphatic heterocycles. The molecule has 2 rings (SSSR count). The van der Waals surface area contributed by atoms with Gasteiger partial charge in [0.1, 0.15) is 0 Å². The number of urea groups is 1. The number of benzene rings is 1. The lowest BCUT2D eigenvalue weighted by Gasteiger charge is -2.11. The van der Waals surface area contributed by atoms with Gasteiger partial charge in [0.15, 0.2) is 0 Å². The Morgan fingerprint density at radius 2 is 1.66 bits per heavy atom. The number of amides is 2. The molecule has 2 aromatic rings. The van der Waals surface area contributed by atoms with Crippen molar-refractivity contribution in [3.63, 3.8) is 0 Å². The number of nitrogens with one attached hydrogen (secondary N) is 2. The second-order valence-corrected chi connectivity index (χ2v) is 6.76. The second kappa shape index (κ2) is 8.72. The largest absolute Gasteiger partial charge is 0.467 e. The van der Waals surface area contributed by atoms with Crippen molar-refractivity contribution in [1.82, 2.24) is 19.7 Å². The van der Waals surface area contributed by atoms with E-state index < -0.39 is 27.1 Å². The van der Waals surface area contributed by atoms with E-state index in [1.165, 1.54) is 26.4 Å². The average Bonchev–Trinajstić information content (AvgIpc) is 2.65. The van der Waals surface area contributed by atoms with Crippen LogP contribution in [0.15, 0.2) is 35.2 Å². The molecule has 2 amide bonds. The molecule has 0 saturated heterocycles. The summed E-state index contributed by atoms with van der Waals surface area (Å²) in [5.41, 5.74) is -0.270. The molecule has 0 saturated carbocycles. The van der Waals surface area contributed by atoms with E-state index in [2.05, 4.69) is 15.0 Å². The van der Waals surface area contributed by atoms with Crippen LogP contribution in [0, 0.1) is 0 Å². The fourth-order valence-corrected chi connectivity index (χ4v) is 3.04. The van der Waals surface area contributed by atoms with E-state index in [4.69, 9.17) is 9.47 Å². The van der Waals surface area contributed by atoms with E-state index in [1.54, 1.807) is 4.72 Å². The van der Waals surface area contributed by atoms with Gasteiger partial charge in [-0.25, -0.2) is 17.9 Å². The normalized spacial score (nSPS) is 11.9. The maximum atomic E-state index is 12.4. The third-order valence-corrected chi connectivity index (χ3v) is 4.48. The Balaban J connectivity index is 2.24. The molecule has 1 aromatic carbocycles. The summed E-state index contributed by atoms with van der Waals surface area (Å²) in [5, 5.41) is 2.04. The summed E-state index contributed by atoms with van der Waals surface area (Å²) in [6.45, 7) is 0. The number of nitrogens with zero attached hydrogens (tertiary/aromatic N) is 3. The van der Waals surface area contributed by atoms with Crippen LogP contribution in [0.5, 0.6) is 12.0 Å². The van der Waals surface area contributed by atoms with Gasteiger partial charge in [0.2, 0.25) is 5.95 Å². The van der Waals surface area contributed by atoms with Gasteiger partial charge < -0.3 is 9.47 Å². The van der Waals surface area contributed by atoms with Gasteiger partial charge >= 0.3 is 24.2 Å². The molecule has 1 heterocycles. The summed E-state index contributed by atoms with van der Waals surface area (Å²) in [6, 6.07) is 3.14. The van der Waals surface area contributed by atoms with E-state index in [1.807, 2.05) is 5.32 Å². The quantitative estimate of drug-likeness (QED) is 0.707. The molecular weight excluding hydrogens is 419 g/mol. The molecule has 0 bridgehead atoms. The number of rotatable bonds is 6. The first kappa shape index (κ1) is 21.9. The maximum Gasteiger partial charge on any atom is 0.409 e. The average molecular weight is 433 g/mol. The van der Waals surface area contributed by atoms with Crippen LogP contribution in [0.4, 0.5) is 23.9 Å². The van der Waals surface area contributed by atoms with Crippen LogP contribution in [0.3, 0.4) is 0 Å². The Hall–Kier alpha value is -3.42. The SMILES string of the molecule is COc1nc(NC(=O)NS(=O)(=O)c2ccccc2/C=C/C(F)(F)F)nc(OC)n1. The Morgan fingerprint density at radius 1 is 1.07 bits per heavy atom. The van der Waals surface area contributed by atoms with Crippen LogP contribution >= 0.6 is 0 Å². The summed E-state index contributed by atoms with van der Waals surface area (Å²) >= 11 is 0. The van der Waals surface area contributed by atoms with Gasteiger partial charge in [0, 0.05) is 6.08 Å². The van der Waals surface area contributed by atoms with E-state index in [0.717, 1.165) is 12.1 Å². The van der Waals surface area contributed by atoms with Crippen molar-refractivity contribution >= 4 is 28.1 Å². The van der Waals surface area contributed by atoms with Gasteiger partial charge in [-0.15, -0.1) is 4.98 Å². The third-order valence-electron chi connectivity index (χ3n) is 3.07. The number of hydrogen-bond acceptors (Lipinski definition) is 8. The highest BCUT2D eigenvalue weighted by atomic mass is 32.2. The lowest BCUT2D eigenvalue weighted by molar-refractivity contribution is -0.0790. The zero-order valence-electron chi connectivity index (χ0n) is 14.9. The Bertz CT molecular complexity index is 1000. The number of carbonyl (C=O) groups excluding carboxylic acids is 1. The first-order valence-corrected chi connectivity index (χ1v) is 9.05. The van der Waals surface area contributed by atoms with Crippen molar-refractivity contribution in [3.05, 3.63) is 35.9 Å². The molecule has 0 fully saturated rings. The van der Waals surface area contributed by atoms with Gasteiger partial charge in [0.05, 0.1) is 19.1 Å². The standard InChI is InChI=1S/C15H14F3N5O5S/c1-27-13-20-11(21-14(22-13)28-2)19-12(24)23-29(25,26)10-6-4-3-5-9(10)7-8-15(16,17)18/h3-8H,1-2H3,(H2,19,20,21,22,23,24)/b8-7+. The summed E-state index contributed by atoms with van der Waals surface area (Å²) in [6.07, 6.45) is -4.18. The van der Waals surface area contributed by atoms with Crippen molar-refractivity contribution < 1.29 is 35.9 Å². The minimum atomic E-state index is -4.64. The first-order valence-electron chi connectivity index (χ1n) is 7.57. The van der Waals surface area contributed by atoms with Crippen molar-refractivity contribution in [2.75, 3.05) is 19.5 Å². The first-order chi connectivity index (χ1) is 13.5. The Kier molecular flexibility index (Phi) is 6.58. The fourth-order valence-electron chi connectivity index (χ4n) is 1.93.